The van der Waals surface area contributed by atoms with E-state index >= 15 is 0 Å². The molecule has 0 fully saturated rings. The third-order valence-corrected chi connectivity index (χ3v) is 6.43. The van der Waals surface area contributed by atoms with Crippen LogP contribution in [0.5, 0.6) is 0 Å². The number of ether oxygens (including phenoxy) is 1. The van der Waals surface area contributed by atoms with Gasteiger partial charge in [0.1, 0.15) is 6.61 Å². The molecule has 1 heterocycles. The van der Waals surface area contributed by atoms with Gasteiger partial charge in [-0.1, -0.05) is 117 Å². The Morgan fingerprint density at radius 1 is 0.630 bits per heavy atom. The van der Waals surface area contributed by atoms with Crippen molar-refractivity contribution < 1.29 is 4.74 Å². The van der Waals surface area contributed by atoms with Gasteiger partial charge in [0.05, 0.1) is 5.54 Å². The number of hydrogen-bond donors (Lipinski definition) is 0. The van der Waals surface area contributed by atoms with Crippen LogP contribution in [-0.2, 0) is 4.74 Å². The molecule has 1 aliphatic rings. The van der Waals surface area contributed by atoms with Crippen LogP contribution in [0.25, 0.3) is 0 Å². The average Bonchev–Trinajstić information content (AvgIpc) is 3.12. The first-order valence-corrected chi connectivity index (χ1v) is 12.5. The molecular formula is C25H49NO. The highest BCUT2D eigenvalue weighted by Gasteiger charge is 2.32. The predicted octanol–water partition coefficient (Wildman–Crippen LogP) is 8.63. The summed E-state index contributed by atoms with van der Waals surface area (Å²) < 4.78 is 5.82. The first-order chi connectivity index (χ1) is 13.3. The van der Waals surface area contributed by atoms with Gasteiger partial charge < -0.3 is 4.74 Å². The van der Waals surface area contributed by atoms with Gasteiger partial charge in [-0.05, 0) is 19.3 Å². The summed E-state index contributed by atoms with van der Waals surface area (Å²) in [6.07, 6.45) is 26.0. The average molecular weight is 380 g/mol. The predicted molar refractivity (Wildman–Crippen MR) is 121 cm³/mol. The second-order valence-corrected chi connectivity index (χ2v) is 8.78. The molecule has 0 saturated carbocycles. The molecule has 0 atom stereocenters. The van der Waals surface area contributed by atoms with E-state index in [1.54, 1.807) is 0 Å². The minimum atomic E-state index is 0.102. The zero-order valence-corrected chi connectivity index (χ0v) is 19.0. The number of unbranched alkanes of at least 4 members (excludes halogenated alkanes) is 15. The Morgan fingerprint density at radius 3 is 1.41 bits per heavy atom. The molecule has 160 valence electrons. The quantitative estimate of drug-likeness (QED) is 0.206. The molecule has 0 aromatic heterocycles. The Morgan fingerprint density at radius 2 is 1.04 bits per heavy atom. The minimum absolute atomic E-state index is 0.102. The Hall–Kier alpha value is -0.530. The minimum Gasteiger partial charge on any atom is -0.478 e. The summed E-state index contributed by atoms with van der Waals surface area (Å²) in [5.41, 5.74) is 0.102. The normalized spacial score (nSPS) is 15.7. The van der Waals surface area contributed by atoms with Crippen LogP contribution in [0.4, 0.5) is 0 Å². The fourth-order valence-electron chi connectivity index (χ4n) is 4.11. The van der Waals surface area contributed by atoms with Crippen molar-refractivity contribution in [1.82, 2.24) is 0 Å². The van der Waals surface area contributed by atoms with E-state index in [2.05, 4.69) is 20.8 Å². The molecule has 0 aromatic rings. The van der Waals surface area contributed by atoms with Crippen LogP contribution < -0.4 is 0 Å². The van der Waals surface area contributed by atoms with Gasteiger partial charge in [-0.3, -0.25) is 0 Å². The van der Waals surface area contributed by atoms with Gasteiger partial charge >= 0.3 is 0 Å². The summed E-state index contributed by atoms with van der Waals surface area (Å²) in [5, 5.41) is 0. The molecule has 0 radical (unpaired) electrons. The molecule has 1 rings (SSSR count). The topological polar surface area (TPSA) is 21.6 Å². The fourth-order valence-corrected chi connectivity index (χ4v) is 4.11. The third-order valence-electron chi connectivity index (χ3n) is 6.43. The number of hydrogen-bond acceptors (Lipinski definition) is 2. The molecule has 0 aliphatic carbocycles. The van der Waals surface area contributed by atoms with Gasteiger partial charge in [0, 0.05) is 6.42 Å². The molecule has 0 saturated heterocycles. The van der Waals surface area contributed by atoms with Crippen LogP contribution in [0.3, 0.4) is 0 Å². The first kappa shape index (κ1) is 24.5. The Kier molecular flexibility index (Phi) is 14.9. The molecule has 27 heavy (non-hydrogen) atoms. The van der Waals surface area contributed by atoms with Crippen molar-refractivity contribution in [2.45, 2.75) is 148 Å². The molecule has 0 bridgehead atoms. The molecular weight excluding hydrogens is 330 g/mol. The van der Waals surface area contributed by atoms with Gasteiger partial charge in [0.25, 0.3) is 0 Å². The maximum absolute atomic E-state index is 5.82. The highest BCUT2D eigenvalue weighted by atomic mass is 16.5. The summed E-state index contributed by atoms with van der Waals surface area (Å²) >= 11 is 0. The zero-order chi connectivity index (χ0) is 19.6. The van der Waals surface area contributed by atoms with E-state index in [0.717, 1.165) is 31.8 Å². The van der Waals surface area contributed by atoms with Gasteiger partial charge in [-0.25, -0.2) is 4.99 Å². The second-order valence-electron chi connectivity index (χ2n) is 8.78. The highest BCUT2D eigenvalue weighted by Crippen LogP contribution is 2.27. The maximum atomic E-state index is 5.82. The lowest BCUT2D eigenvalue weighted by molar-refractivity contribution is 0.240. The van der Waals surface area contributed by atoms with E-state index in [-0.39, 0.29) is 5.54 Å². The van der Waals surface area contributed by atoms with Crippen molar-refractivity contribution >= 4 is 5.90 Å². The van der Waals surface area contributed by atoms with E-state index in [0.29, 0.717) is 0 Å². The van der Waals surface area contributed by atoms with Crippen molar-refractivity contribution in [3.8, 4) is 0 Å². The smallest absolute Gasteiger partial charge is 0.183 e. The maximum Gasteiger partial charge on any atom is 0.183 e. The van der Waals surface area contributed by atoms with Gasteiger partial charge in [-0.2, -0.15) is 0 Å². The van der Waals surface area contributed by atoms with E-state index in [4.69, 9.17) is 9.73 Å². The summed E-state index contributed by atoms with van der Waals surface area (Å²) in [6.45, 7) is 7.57. The van der Waals surface area contributed by atoms with Crippen molar-refractivity contribution in [2.24, 2.45) is 4.99 Å². The molecule has 0 N–H and O–H groups in total. The van der Waals surface area contributed by atoms with Crippen LogP contribution in [0.1, 0.15) is 143 Å². The second kappa shape index (κ2) is 16.4. The Balaban J connectivity index is 1.80. The van der Waals surface area contributed by atoms with Gasteiger partial charge in [0.15, 0.2) is 5.90 Å². The third kappa shape index (κ3) is 11.8. The molecule has 0 spiro atoms. The number of rotatable bonds is 19. The van der Waals surface area contributed by atoms with Crippen LogP contribution >= 0.6 is 0 Å². The van der Waals surface area contributed by atoms with E-state index in [9.17, 15) is 0 Å². The number of aliphatic imine (C=N–C) groups is 1. The molecule has 2 heteroatoms. The Bertz CT molecular complexity index is 359. The monoisotopic (exact) mass is 379 g/mol. The van der Waals surface area contributed by atoms with Crippen LogP contribution in [-0.4, -0.2) is 18.0 Å². The van der Waals surface area contributed by atoms with Crippen molar-refractivity contribution in [3.05, 3.63) is 0 Å². The number of nitrogens with zero attached hydrogens (tertiary/aromatic N) is 1. The lowest BCUT2D eigenvalue weighted by Gasteiger charge is -2.18. The standard InChI is InChI=1S/C25H49NO/c1-4-7-8-9-10-11-12-13-14-15-16-17-18-19-20-21-22-24-26-25(5-2,6-3)23-27-24/h4-23H2,1-3H3. The lowest BCUT2D eigenvalue weighted by Crippen LogP contribution is -2.25. The molecule has 0 amide bonds. The molecule has 2 nitrogen and oxygen atoms in total. The van der Waals surface area contributed by atoms with E-state index < -0.39 is 0 Å². The van der Waals surface area contributed by atoms with Crippen molar-refractivity contribution in [3.63, 3.8) is 0 Å². The van der Waals surface area contributed by atoms with Crippen LogP contribution in [0, 0.1) is 0 Å². The largest absolute Gasteiger partial charge is 0.478 e. The van der Waals surface area contributed by atoms with Crippen molar-refractivity contribution in [1.29, 1.82) is 0 Å². The van der Waals surface area contributed by atoms with Crippen LogP contribution in [0.15, 0.2) is 4.99 Å². The molecule has 1 aliphatic heterocycles. The van der Waals surface area contributed by atoms with Crippen molar-refractivity contribution in [2.75, 3.05) is 6.61 Å². The van der Waals surface area contributed by atoms with E-state index in [1.807, 2.05) is 0 Å². The Labute approximate surface area is 171 Å². The summed E-state index contributed by atoms with van der Waals surface area (Å²) in [4.78, 5) is 4.86. The fraction of sp³-hybridized carbons (Fsp3) is 0.960. The van der Waals surface area contributed by atoms with Gasteiger partial charge in [-0.15, -0.1) is 0 Å². The van der Waals surface area contributed by atoms with E-state index in [1.165, 1.54) is 103 Å². The summed E-state index contributed by atoms with van der Waals surface area (Å²) in [7, 11) is 0. The molecule has 0 unspecified atom stereocenters. The zero-order valence-electron chi connectivity index (χ0n) is 19.0. The van der Waals surface area contributed by atoms with Gasteiger partial charge in [0.2, 0.25) is 0 Å². The lowest BCUT2D eigenvalue weighted by atomic mass is 9.96. The SMILES string of the molecule is CCCCCCCCCCCCCCCCCCC1=NC(CC)(CC)CO1. The molecule has 0 aromatic carbocycles. The summed E-state index contributed by atoms with van der Waals surface area (Å²) in [5.74, 6) is 1.03. The summed E-state index contributed by atoms with van der Waals surface area (Å²) in [6, 6.07) is 0. The first-order valence-electron chi connectivity index (χ1n) is 12.5. The highest BCUT2D eigenvalue weighted by molar-refractivity contribution is 5.78. The van der Waals surface area contributed by atoms with Crippen LogP contribution in [0.2, 0.25) is 0 Å².